The molecule has 2 aromatic heterocycles. The Hall–Kier alpha value is -6.39. The Bertz CT molecular complexity index is 2510. The number of rotatable bonds is 5. The lowest BCUT2D eigenvalue weighted by atomic mass is 9.93. The molecular weight excluding hydrogens is 574 g/mol. The van der Waals surface area contributed by atoms with Gasteiger partial charge in [-0.25, -0.2) is 15.0 Å². The minimum atomic E-state index is 0.636. The molecule has 47 heavy (non-hydrogen) atoms. The summed E-state index contributed by atoms with van der Waals surface area (Å²) in [5.74, 6) is 1.93. The number of benzene rings is 7. The van der Waals surface area contributed by atoms with E-state index in [4.69, 9.17) is 19.4 Å². The largest absolute Gasteiger partial charge is 0.456 e. The molecule has 0 atom stereocenters. The molecule has 9 rings (SSSR count). The quantitative estimate of drug-likeness (QED) is 0.197. The van der Waals surface area contributed by atoms with Crippen LogP contribution in [0.15, 0.2) is 168 Å². The summed E-state index contributed by atoms with van der Waals surface area (Å²) in [5, 5.41) is 4.69. The molecule has 0 aliphatic rings. The van der Waals surface area contributed by atoms with E-state index in [0.29, 0.717) is 17.5 Å². The van der Waals surface area contributed by atoms with Gasteiger partial charge < -0.3 is 4.42 Å². The minimum absolute atomic E-state index is 0.636. The summed E-state index contributed by atoms with van der Waals surface area (Å²) in [7, 11) is 0. The van der Waals surface area contributed by atoms with Crippen LogP contribution in [0.5, 0.6) is 0 Å². The van der Waals surface area contributed by atoms with Gasteiger partial charge in [-0.05, 0) is 57.3 Å². The van der Waals surface area contributed by atoms with Gasteiger partial charge in [0.25, 0.3) is 0 Å². The molecule has 0 unspecified atom stereocenters. The number of nitrogens with zero attached hydrogens (tertiary/aromatic N) is 3. The zero-order valence-corrected chi connectivity index (χ0v) is 25.3. The minimum Gasteiger partial charge on any atom is -0.456 e. The molecule has 0 fully saturated rings. The highest BCUT2D eigenvalue weighted by Crippen LogP contribution is 2.40. The van der Waals surface area contributed by atoms with Crippen LogP contribution in [0, 0.1) is 0 Å². The number of hydrogen-bond acceptors (Lipinski definition) is 4. The first kappa shape index (κ1) is 27.0. The predicted octanol–water partition coefficient (Wildman–Crippen LogP) is 11.3. The smallest absolute Gasteiger partial charge is 0.164 e. The van der Waals surface area contributed by atoms with E-state index in [1.807, 2.05) is 72.8 Å². The van der Waals surface area contributed by atoms with Gasteiger partial charge in [0.2, 0.25) is 0 Å². The monoisotopic (exact) mass is 601 g/mol. The molecule has 0 radical (unpaired) electrons. The third kappa shape index (κ3) is 4.84. The number of para-hydroxylation sites is 1. The first-order valence-corrected chi connectivity index (χ1v) is 15.7. The summed E-state index contributed by atoms with van der Waals surface area (Å²) in [6.45, 7) is 0. The Balaban J connectivity index is 1.16. The summed E-state index contributed by atoms with van der Waals surface area (Å²) in [5.41, 5.74) is 9.09. The first-order valence-electron chi connectivity index (χ1n) is 15.7. The van der Waals surface area contributed by atoms with Crippen LogP contribution in [0.25, 0.3) is 89.1 Å². The summed E-state index contributed by atoms with van der Waals surface area (Å²) in [6.07, 6.45) is 0. The van der Waals surface area contributed by atoms with Crippen LogP contribution in [-0.4, -0.2) is 15.0 Å². The lowest BCUT2D eigenvalue weighted by Gasteiger charge is -2.12. The summed E-state index contributed by atoms with van der Waals surface area (Å²) >= 11 is 0. The summed E-state index contributed by atoms with van der Waals surface area (Å²) in [6, 6.07) is 56.3. The third-order valence-electron chi connectivity index (χ3n) is 8.71. The fourth-order valence-corrected chi connectivity index (χ4v) is 6.47. The number of hydrogen-bond donors (Lipinski definition) is 0. The van der Waals surface area contributed by atoms with Crippen molar-refractivity contribution >= 4 is 32.7 Å². The van der Waals surface area contributed by atoms with Crippen LogP contribution in [0.4, 0.5) is 0 Å². The highest BCUT2D eigenvalue weighted by Gasteiger charge is 2.16. The molecular formula is C43H27N3O. The molecule has 0 bridgehead atoms. The van der Waals surface area contributed by atoms with Crippen molar-refractivity contribution in [3.8, 4) is 56.4 Å². The van der Waals surface area contributed by atoms with Crippen LogP contribution < -0.4 is 0 Å². The molecule has 0 saturated carbocycles. The van der Waals surface area contributed by atoms with Crippen LogP contribution in [0.1, 0.15) is 0 Å². The van der Waals surface area contributed by atoms with Crippen LogP contribution in [0.2, 0.25) is 0 Å². The van der Waals surface area contributed by atoms with E-state index in [-0.39, 0.29) is 0 Å². The highest BCUT2D eigenvalue weighted by atomic mass is 16.3. The van der Waals surface area contributed by atoms with Crippen molar-refractivity contribution in [2.45, 2.75) is 0 Å². The molecule has 0 N–H and O–H groups in total. The van der Waals surface area contributed by atoms with Gasteiger partial charge in [0, 0.05) is 27.5 Å². The van der Waals surface area contributed by atoms with Crippen LogP contribution >= 0.6 is 0 Å². The van der Waals surface area contributed by atoms with Crippen molar-refractivity contribution < 1.29 is 4.42 Å². The average molecular weight is 602 g/mol. The van der Waals surface area contributed by atoms with Gasteiger partial charge >= 0.3 is 0 Å². The van der Waals surface area contributed by atoms with E-state index in [1.54, 1.807) is 0 Å². The molecule has 4 heteroatoms. The second kappa shape index (κ2) is 11.2. The fourth-order valence-electron chi connectivity index (χ4n) is 6.47. The van der Waals surface area contributed by atoms with Crippen molar-refractivity contribution in [1.82, 2.24) is 15.0 Å². The van der Waals surface area contributed by atoms with Crippen molar-refractivity contribution in [2.24, 2.45) is 0 Å². The molecule has 0 amide bonds. The van der Waals surface area contributed by atoms with Crippen molar-refractivity contribution in [1.29, 1.82) is 0 Å². The van der Waals surface area contributed by atoms with E-state index in [1.165, 1.54) is 10.8 Å². The SMILES string of the molecule is c1ccc(-c2nc(-c3ccccc3)nc(-c3cccc(-c4cccc(-c5cc6oc7ccccc7c6c6ccccc56)c4)c3)n2)cc1. The van der Waals surface area contributed by atoms with E-state index in [0.717, 1.165) is 60.9 Å². The normalized spacial score (nSPS) is 11.4. The van der Waals surface area contributed by atoms with E-state index in [9.17, 15) is 0 Å². The van der Waals surface area contributed by atoms with Crippen molar-refractivity contribution in [2.75, 3.05) is 0 Å². The third-order valence-corrected chi connectivity index (χ3v) is 8.71. The Kier molecular flexibility index (Phi) is 6.43. The molecule has 0 aliphatic heterocycles. The predicted molar refractivity (Wildman–Crippen MR) is 192 cm³/mol. The lowest BCUT2D eigenvalue weighted by molar-refractivity contribution is 0.669. The zero-order valence-electron chi connectivity index (χ0n) is 25.3. The first-order chi connectivity index (χ1) is 23.3. The van der Waals surface area contributed by atoms with Crippen LogP contribution in [-0.2, 0) is 0 Å². The fraction of sp³-hybridized carbons (Fsp3) is 0. The highest BCUT2D eigenvalue weighted by molar-refractivity contribution is 6.22. The van der Waals surface area contributed by atoms with Gasteiger partial charge in [-0.2, -0.15) is 0 Å². The van der Waals surface area contributed by atoms with Crippen molar-refractivity contribution in [3.05, 3.63) is 164 Å². The Morgan fingerprint density at radius 3 is 1.45 bits per heavy atom. The van der Waals surface area contributed by atoms with Gasteiger partial charge in [-0.15, -0.1) is 0 Å². The topological polar surface area (TPSA) is 51.8 Å². The van der Waals surface area contributed by atoms with Crippen LogP contribution in [0.3, 0.4) is 0 Å². The summed E-state index contributed by atoms with van der Waals surface area (Å²) < 4.78 is 6.37. The second-order valence-corrected chi connectivity index (χ2v) is 11.6. The zero-order chi connectivity index (χ0) is 31.2. The van der Waals surface area contributed by atoms with E-state index < -0.39 is 0 Å². The van der Waals surface area contributed by atoms with E-state index in [2.05, 4.69) is 91.0 Å². The molecule has 2 heterocycles. The van der Waals surface area contributed by atoms with Gasteiger partial charge in [-0.1, -0.05) is 140 Å². The molecule has 0 saturated heterocycles. The Labute approximate surface area is 271 Å². The Morgan fingerprint density at radius 1 is 0.319 bits per heavy atom. The number of fused-ring (bicyclic) bond motifs is 5. The van der Waals surface area contributed by atoms with Gasteiger partial charge in [0.1, 0.15) is 11.2 Å². The second-order valence-electron chi connectivity index (χ2n) is 11.6. The van der Waals surface area contributed by atoms with E-state index >= 15 is 0 Å². The number of furan rings is 1. The summed E-state index contributed by atoms with van der Waals surface area (Å²) in [4.78, 5) is 14.8. The Morgan fingerprint density at radius 2 is 0.787 bits per heavy atom. The molecule has 9 aromatic rings. The standard InChI is InChI=1S/C43H27N3O/c1-3-13-28(14-4-1)41-44-42(29-15-5-2-6-16-29)46-43(45-41)33-20-12-18-31(26-33)30-17-11-19-32(25-30)37-27-39-40(35-22-8-7-21-34(35)37)36-23-9-10-24-38(36)47-39/h1-27H. The molecule has 0 spiro atoms. The molecule has 0 aliphatic carbocycles. The maximum absolute atomic E-state index is 6.37. The van der Waals surface area contributed by atoms with Gasteiger partial charge in [0.05, 0.1) is 0 Å². The average Bonchev–Trinajstić information content (AvgIpc) is 3.54. The lowest BCUT2D eigenvalue weighted by Crippen LogP contribution is -2.00. The van der Waals surface area contributed by atoms with Gasteiger partial charge in [0.15, 0.2) is 17.5 Å². The number of aromatic nitrogens is 3. The van der Waals surface area contributed by atoms with Gasteiger partial charge in [-0.3, -0.25) is 0 Å². The van der Waals surface area contributed by atoms with Crippen molar-refractivity contribution in [3.63, 3.8) is 0 Å². The maximum atomic E-state index is 6.37. The molecule has 4 nitrogen and oxygen atoms in total. The molecule has 220 valence electrons. The maximum Gasteiger partial charge on any atom is 0.164 e. The molecule has 7 aromatic carbocycles.